The Hall–Kier alpha value is -0.790. The Balaban J connectivity index is 2.37. The minimum atomic E-state index is -0.122. The fourth-order valence-corrected chi connectivity index (χ4v) is 3.08. The van der Waals surface area contributed by atoms with Crippen molar-refractivity contribution in [2.45, 2.75) is 25.8 Å². The second kappa shape index (κ2) is 8.49. The van der Waals surface area contributed by atoms with Gasteiger partial charge in [-0.3, -0.25) is 19.9 Å². The first-order valence-corrected chi connectivity index (χ1v) is 8.36. The van der Waals surface area contributed by atoms with Crippen molar-refractivity contribution in [3.05, 3.63) is 0 Å². The molecule has 1 aliphatic heterocycles. The molecule has 3 N–H and O–H groups in total. The lowest BCUT2D eigenvalue weighted by Gasteiger charge is -2.33. The van der Waals surface area contributed by atoms with Gasteiger partial charge in [-0.05, 0) is 33.1 Å². The summed E-state index contributed by atoms with van der Waals surface area (Å²) < 4.78 is 0. The zero-order valence-corrected chi connectivity index (χ0v) is 13.4. The molecule has 6 nitrogen and oxygen atoms in total. The first-order valence-electron chi connectivity index (χ1n) is 6.97. The number of hydrogen-bond acceptors (Lipinski definition) is 5. The van der Waals surface area contributed by atoms with Crippen LogP contribution in [0, 0.1) is 5.92 Å². The van der Waals surface area contributed by atoms with E-state index in [4.69, 9.17) is 5.84 Å². The molecule has 0 bridgehead atoms. The minimum Gasteiger partial charge on any atom is -0.342 e. The Morgan fingerprint density at radius 1 is 1.45 bits per heavy atom. The number of nitrogens with two attached hydrogens (primary N) is 1. The van der Waals surface area contributed by atoms with E-state index in [2.05, 4.69) is 23.5 Å². The zero-order chi connectivity index (χ0) is 15.1. The molecule has 0 saturated carbocycles. The van der Waals surface area contributed by atoms with Crippen molar-refractivity contribution in [2.75, 3.05) is 38.7 Å². The fraction of sp³-hybridized carbons (Fsp3) is 0.846. The van der Waals surface area contributed by atoms with Gasteiger partial charge in [-0.2, -0.15) is 11.8 Å². The van der Waals surface area contributed by atoms with E-state index < -0.39 is 0 Å². The van der Waals surface area contributed by atoms with Crippen LogP contribution in [0.4, 0.5) is 0 Å². The number of carbonyl (C=O) groups is 2. The van der Waals surface area contributed by atoms with E-state index in [9.17, 15) is 9.59 Å². The largest absolute Gasteiger partial charge is 0.342 e. The number of amides is 2. The van der Waals surface area contributed by atoms with Gasteiger partial charge in [-0.1, -0.05) is 0 Å². The van der Waals surface area contributed by atoms with Crippen molar-refractivity contribution in [3.8, 4) is 0 Å². The maximum absolute atomic E-state index is 12.2. The summed E-state index contributed by atoms with van der Waals surface area (Å²) in [5.74, 6) is 6.12. The lowest BCUT2D eigenvalue weighted by atomic mass is 9.96. The zero-order valence-electron chi connectivity index (χ0n) is 12.6. The molecule has 1 rings (SSSR count). The lowest BCUT2D eigenvalue weighted by molar-refractivity contribution is -0.136. The molecule has 1 heterocycles. The molecule has 1 saturated heterocycles. The highest BCUT2D eigenvalue weighted by atomic mass is 32.2. The van der Waals surface area contributed by atoms with Crippen LogP contribution in [0.5, 0.6) is 0 Å². The monoisotopic (exact) mass is 302 g/mol. The lowest BCUT2D eigenvalue weighted by Crippen LogP contribution is -2.48. The van der Waals surface area contributed by atoms with E-state index in [0.29, 0.717) is 38.5 Å². The first-order chi connectivity index (χ1) is 9.49. The average Bonchev–Trinajstić information content (AvgIpc) is 2.46. The van der Waals surface area contributed by atoms with Crippen molar-refractivity contribution in [3.63, 3.8) is 0 Å². The molecule has 0 aromatic carbocycles. The highest BCUT2D eigenvalue weighted by Gasteiger charge is 2.27. The maximum atomic E-state index is 12.2. The van der Waals surface area contributed by atoms with Gasteiger partial charge in [0.15, 0.2) is 0 Å². The minimum absolute atomic E-state index is 0.0582. The summed E-state index contributed by atoms with van der Waals surface area (Å²) in [5.41, 5.74) is 2.19. The predicted octanol–water partition coefficient (Wildman–Crippen LogP) is -0.102. The van der Waals surface area contributed by atoms with Crippen LogP contribution in [0.25, 0.3) is 0 Å². The first kappa shape index (κ1) is 17.3. The molecule has 1 fully saturated rings. The number of thioether (sulfide) groups is 1. The summed E-state index contributed by atoms with van der Waals surface area (Å²) in [6.45, 7) is 3.85. The molecule has 0 spiro atoms. The van der Waals surface area contributed by atoms with Crippen molar-refractivity contribution < 1.29 is 9.59 Å². The van der Waals surface area contributed by atoms with Crippen LogP contribution in [0.3, 0.4) is 0 Å². The van der Waals surface area contributed by atoms with E-state index in [1.807, 2.05) is 11.9 Å². The summed E-state index contributed by atoms with van der Waals surface area (Å²) in [7, 11) is 1.98. The van der Waals surface area contributed by atoms with Crippen LogP contribution < -0.4 is 11.3 Å². The summed E-state index contributed by atoms with van der Waals surface area (Å²) in [6.07, 6.45) is 3.46. The SMILES string of the molecule is CSCC(C)N(C)CC(=O)N1CCC(C(=O)NN)CC1. The molecule has 2 amide bonds. The average molecular weight is 302 g/mol. The van der Waals surface area contributed by atoms with Crippen LogP contribution in [-0.2, 0) is 9.59 Å². The highest BCUT2D eigenvalue weighted by molar-refractivity contribution is 7.98. The number of nitrogens with one attached hydrogen (secondary N) is 1. The Kier molecular flexibility index (Phi) is 7.32. The van der Waals surface area contributed by atoms with Gasteiger partial charge in [0, 0.05) is 30.8 Å². The molecule has 20 heavy (non-hydrogen) atoms. The molecular weight excluding hydrogens is 276 g/mol. The van der Waals surface area contributed by atoms with E-state index >= 15 is 0 Å². The van der Waals surface area contributed by atoms with Gasteiger partial charge >= 0.3 is 0 Å². The quantitative estimate of drug-likeness (QED) is 0.407. The van der Waals surface area contributed by atoms with Gasteiger partial charge in [0.1, 0.15) is 0 Å². The smallest absolute Gasteiger partial charge is 0.237 e. The number of likely N-dealkylation sites (tertiary alicyclic amines) is 1. The molecule has 7 heteroatoms. The number of hydrogen-bond donors (Lipinski definition) is 2. The fourth-order valence-electron chi connectivity index (χ4n) is 2.35. The highest BCUT2D eigenvalue weighted by Crippen LogP contribution is 2.17. The van der Waals surface area contributed by atoms with Gasteiger partial charge in [0.05, 0.1) is 6.54 Å². The summed E-state index contributed by atoms with van der Waals surface area (Å²) in [5, 5.41) is 0. The normalized spacial score (nSPS) is 18.1. The molecule has 116 valence electrons. The third-order valence-corrected chi connectivity index (χ3v) is 4.72. The van der Waals surface area contributed by atoms with Crippen LogP contribution >= 0.6 is 11.8 Å². The van der Waals surface area contributed by atoms with Gasteiger partial charge in [0.25, 0.3) is 0 Å². The Morgan fingerprint density at radius 3 is 2.55 bits per heavy atom. The van der Waals surface area contributed by atoms with Gasteiger partial charge in [-0.25, -0.2) is 5.84 Å². The van der Waals surface area contributed by atoms with Crippen molar-refractivity contribution in [1.29, 1.82) is 0 Å². The molecule has 1 aliphatic rings. The molecule has 1 unspecified atom stereocenters. The van der Waals surface area contributed by atoms with Crippen LogP contribution in [0.1, 0.15) is 19.8 Å². The number of piperidine rings is 1. The molecule has 0 radical (unpaired) electrons. The van der Waals surface area contributed by atoms with E-state index in [-0.39, 0.29) is 17.7 Å². The number of hydrazine groups is 1. The third kappa shape index (κ3) is 4.96. The number of nitrogens with zero attached hydrogens (tertiary/aromatic N) is 2. The Morgan fingerprint density at radius 2 is 2.05 bits per heavy atom. The van der Waals surface area contributed by atoms with Crippen molar-refractivity contribution >= 4 is 23.6 Å². The molecule has 0 aromatic rings. The van der Waals surface area contributed by atoms with Gasteiger partial charge in [-0.15, -0.1) is 0 Å². The van der Waals surface area contributed by atoms with Crippen molar-refractivity contribution in [2.24, 2.45) is 11.8 Å². The standard InChI is InChI=1S/C13H26N4O2S/c1-10(9-20-3)16(2)8-12(18)17-6-4-11(5-7-17)13(19)15-14/h10-11H,4-9,14H2,1-3H3,(H,15,19). The Bertz CT molecular complexity index is 332. The molecule has 1 atom stereocenters. The van der Waals surface area contributed by atoms with Crippen LogP contribution in [-0.4, -0.2) is 66.3 Å². The molecule has 0 aliphatic carbocycles. The third-order valence-electron chi connectivity index (χ3n) is 3.91. The van der Waals surface area contributed by atoms with E-state index in [1.54, 1.807) is 11.8 Å². The predicted molar refractivity (Wildman–Crippen MR) is 82.1 cm³/mol. The second-order valence-electron chi connectivity index (χ2n) is 5.38. The second-order valence-corrected chi connectivity index (χ2v) is 6.29. The summed E-state index contributed by atoms with van der Waals surface area (Å²) in [4.78, 5) is 27.6. The van der Waals surface area contributed by atoms with Crippen LogP contribution in [0.15, 0.2) is 0 Å². The maximum Gasteiger partial charge on any atom is 0.237 e. The molecular formula is C13H26N4O2S. The number of carbonyl (C=O) groups excluding carboxylic acids is 2. The van der Waals surface area contributed by atoms with Gasteiger partial charge < -0.3 is 4.90 Å². The summed E-state index contributed by atoms with van der Waals surface area (Å²) in [6, 6.07) is 0.384. The number of likely N-dealkylation sites (N-methyl/N-ethyl adjacent to an activating group) is 1. The topological polar surface area (TPSA) is 78.7 Å². The van der Waals surface area contributed by atoms with Crippen molar-refractivity contribution in [1.82, 2.24) is 15.2 Å². The van der Waals surface area contributed by atoms with Crippen LogP contribution in [0.2, 0.25) is 0 Å². The van der Waals surface area contributed by atoms with E-state index in [0.717, 1.165) is 5.75 Å². The van der Waals surface area contributed by atoms with Gasteiger partial charge in [0.2, 0.25) is 11.8 Å². The Labute approximate surface area is 125 Å². The van der Waals surface area contributed by atoms with E-state index in [1.165, 1.54) is 0 Å². The summed E-state index contributed by atoms with van der Waals surface area (Å²) >= 11 is 1.78. The number of rotatable bonds is 6. The molecule has 0 aromatic heterocycles.